The minimum Gasteiger partial charge on any atom is -0.474 e. The summed E-state index contributed by atoms with van der Waals surface area (Å²) in [5, 5.41) is 8.89. The normalized spacial score (nSPS) is 20.4. The molecule has 1 atom stereocenters. The summed E-state index contributed by atoms with van der Waals surface area (Å²) in [5.74, 6) is 2.97. The zero-order valence-electron chi connectivity index (χ0n) is 14.5. The number of aromatic nitrogens is 4. The Labute approximate surface area is 147 Å². The van der Waals surface area contributed by atoms with Crippen molar-refractivity contribution < 1.29 is 9.84 Å². The van der Waals surface area contributed by atoms with E-state index < -0.39 is 0 Å². The Morgan fingerprint density at radius 3 is 3.04 bits per heavy atom. The molecule has 2 aliphatic rings. The first kappa shape index (κ1) is 16.3. The van der Waals surface area contributed by atoms with E-state index in [9.17, 15) is 0 Å². The quantitative estimate of drug-likeness (QED) is 0.892. The largest absolute Gasteiger partial charge is 0.474 e. The maximum absolute atomic E-state index is 8.89. The lowest BCUT2D eigenvalue weighted by Crippen LogP contribution is -2.36. The standard InChI is InChI=1S/C18H25N5O2/c24-8-9-25-17-12-19-11-16(21-17)22-6-3-4-14(13-22)18-20-10-15-5-1-2-7-23(15)18/h10-12,14,24H,1-9,13H2. The average Bonchev–Trinajstić information content (AvgIpc) is 3.11. The van der Waals surface area contributed by atoms with Crippen molar-refractivity contribution in [2.24, 2.45) is 0 Å². The fourth-order valence-electron chi connectivity index (χ4n) is 3.89. The van der Waals surface area contributed by atoms with Gasteiger partial charge in [0.25, 0.3) is 0 Å². The highest BCUT2D eigenvalue weighted by Gasteiger charge is 2.27. The monoisotopic (exact) mass is 343 g/mol. The van der Waals surface area contributed by atoms with Crippen LogP contribution in [-0.4, -0.2) is 50.9 Å². The summed E-state index contributed by atoms with van der Waals surface area (Å²) in [6.07, 6.45) is 11.4. The van der Waals surface area contributed by atoms with E-state index >= 15 is 0 Å². The third-order valence-corrected chi connectivity index (χ3v) is 5.09. The van der Waals surface area contributed by atoms with Gasteiger partial charge >= 0.3 is 0 Å². The fourth-order valence-corrected chi connectivity index (χ4v) is 3.89. The lowest BCUT2D eigenvalue weighted by atomic mass is 9.96. The van der Waals surface area contributed by atoms with Crippen molar-refractivity contribution in [1.82, 2.24) is 19.5 Å². The smallest absolute Gasteiger partial charge is 0.234 e. The minimum atomic E-state index is -0.0251. The van der Waals surface area contributed by atoms with Crippen LogP contribution in [0.25, 0.3) is 0 Å². The Kier molecular flexibility index (Phi) is 4.83. The van der Waals surface area contributed by atoms with E-state index in [1.165, 1.54) is 30.8 Å². The predicted molar refractivity (Wildman–Crippen MR) is 94.0 cm³/mol. The van der Waals surface area contributed by atoms with Crippen molar-refractivity contribution in [3.63, 3.8) is 0 Å². The number of aliphatic hydroxyl groups is 1. The summed E-state index contributed by atoms with van der Waals surface area (Å²) >= 11 is 0. The first-order valence-electron chi connectivity index (χ1n) is 9.20. The van der Waals surface area contributed by atoms with Gasteiger partial charge in [-0.2, -0.15) is 4.98 Å². The van der Waals surface area contributed by atoms with Crippen LogP contribution in [-0.2, 0) is 13.0 Å². The molecule has 1 N–H and O–H groups in total. The molecule has 0 aliphatic carbocycles. The molecule has 4 heterocycles. The van der Waals surface area contributed by atoms with Crippen LogP contribution in [0.1, 0.15) is 43.1 Å². The average molecular weight is 343 g/mol. The highest BCUT2D eigenvalue weighted by Crippen LogP contribution is 2.31. The molecule has 25 heavy (non-hydrogen) atoms. The number of rotatable bonds is 5. The van der Waals surface area contributed by atoms with Crippen LogP contribution in [0.4, 0.5) is 5.82 Å². The summed E-state index contributed by atoms with van der Waals surface area (Å²) < 4.78 is 7.83. The fraction of sp³-hybridized carbons (Fsp3) is 0.611. The van der Waals surface area contributed by atoms with Crippen LogP contribution in [0.15, 0.2) is 18.6 Å². The van der Waals surface area contributed by atoms with Crippen LogP contribution < -0.4 is 9.64 Å². The van der Waals surface area contributed by atoms with E-state index in [2.05, 4.69) is 25.6 Å². The third kappa shape index (κ3) is 3.46. The van der Waals surface area contributed by atoms with Crippen LogP contribution in [0.2, 0.25) is 0 Å². The number of piperidine rings is 1. The molecule has 0 bridgehead atoms. The highest BCUT2D eigenvalue weighted by atomic mass is 16.5. The second kappa shape index (κ2) is 7.39. The van der Waals surface area contributed by atoms with Crippen LogP contribution >= 0.6 is 0 Å². The molecular formula is C18H25N5O2. The van der Waals surface area contributed by atoms with E-state index in [1.54, 1.807) is 12.4 Å². The van der Waals surface area contributed by atoms with E-state index in [-0.39, 0.29) is 13.2 Å². The molecule has 134 valence electrons. The maximum Gasteiger partial charge on any atom is 0.234 e. The Morgan fingerprint density at radius 1 is 1.16 bits per heavy atom. The molecule has 0 radical (unpaired) electrons. The van der Waals surface area contributed by atoms with Crippen molar-refractivity contribution in [1.29, 1.82) is 0 Å². The second-order valence-electron chi connectivity index (χ2n) is 6.79. The van der Waals surface area contributed by atoms with E-state index in [0.29, 0.717) is 11.8 Å². The number of aryl methyl sites for hydroxylation is 1. The van der Waals surface area contributed by atoms with Gasteiger partial charge in [0.1, 0.15) is 12.4 Å². The number of aliphatic hydroxyl groups excluding tert-OH is 1. The van der Waals surface area contributed by atoms with Gasteiger partial charge in [-0.15, -0.1) is 0 Å². The zero-order valence-corrected chi connectivity index (χ0v) is 14.5. The van der Waals surface area contributed by atoms with Crippen molar-refractivity contribution >= 4 is 5.82 Å². The van der Waals surface area contributed by atoms with Gasteiger partial charge in [-0.3, -0.25) is 4.98 Å². The molecule has 7 heteroatoms. The van der Waals surface area contributed by atoms with E-state index in [4.69, 9.17) is 14.8 Å². The number of nitrogens with zero attached hydrogens (tertiary/aromatic N) is 5. The van der Waals surface area contributed by atoms with Crippen LogP contribution in [0.5, 0.6) is 5.88 Å². The SMILES string of the molecule is OCCOc1cncc(N2CCCC(c3ncc4n3CCCC4)C2)n1. The van der Waals surface area contributed by atoms with Gasteiger partial charge in [0.15, 0.2) is 5.82 Å². The maximum atomic E-state index is 8.89. The molecule has 0 spiro atoms. The Morgan fingerprint density at radius 2 is 2.12 bits per heavy atom. The topological polar surface area (TPSA) is 76.3 Å². The van der Waals surface area contributed by atoms with Gasteiger partial charge in [0.05, 0.1) is 19.0 Å². The molecule has 0 aromatic carbocycles. The number of fused-ring (bicyclic) bond motifs is 1. The van der Waals surface area contributed by atoms with Gasteiger partial charge in [-0.05, 0) is 32.1 Å². The van der Waals surface area contributed by atoms with Gasteiger partial charge in [0, 0.05) is 37.4 Å². The number of imidazole rings is 1. The van der Waals surface area contributed by atoms with Crippen molar-refractivity contribution in [2.45, 2.75) is 44.6 Å². The number of hydrogen-bond acceptors (Lipinski definition) is 6. The summed E-state index contributed by atoms with van der Waals surface area (Å²) in [4.78, 5) is 15.8. The molecule has 2 aliphatic heterocycles. The second-order valence-corrected chi connectivity index (χ2v) is 6.79. The van der Waals surface area contributed by atoms with Gasteiger partial charge in [-0.25, -0.2) is 4.98 Å². The number of ether oxygens (including phenoxy) is 1. The van der Waals surface area contributed by atoms with Crippen molar-refractivity contribution in [3.8, 4) is 5.88 Å². The first-order valence-corrected chi connectivity index (χ1v) is 9.20. The summed E-state index contributed by atoms with van der Waals surface area (Å²) in [6.45, 7) is 3.20. The zero-order chi connectivity index (χ0) is 17.1. The first-order chi connectivity index (χ1) is 12.3. The molecule has 4 rings (SSSR count). The van der Waals surface area contributed by atoms with Crippen LogP contribution in [0.3, 0.4) is 0 Å². The van der Waals surface area contributed by atoms with Gasteiger partial charge in [0.2, 0.25) is 5.88 Å². The summed E-state index contributed by atoms with van der Waals surface area (Å²) in [6, 6.07) is 0. The summed E-state index contributed by atoms with van der Waals surface area (Å²) in [5.41, 5.74) is 1.39. The van der Waals surface area contributed by atoms with Gasteiger partial charge in [-0.1, -0.05) is 0 Å². The third-order valence-electron chi connectivity index (χ3n) is 5.09. The Balaban J connectivity index is 1.50. The van der Waals surface area contributed by atoms with Crippen LogP contribution in [0, 0.1) is 0 Å². The molecule has 0 saturated carbocycles. The lowest BCUT2D eigenvalue weighted by molar-refractivity contribution is 0.196. The molecule has 0 amide bonds. The van der Waals surface area contributed by atoms with Crippen molar-refractivity contribution in [3.05, 3.63) is 30.1 Å². The summed E-state index contributed by atoms with van der Waals surface area (Å²) in [7, 11) is 0. The highest BCUT2D eigenvalue weighted by molar-refractivity contribution is 5.39. The number of anilines is 1. The van der Waals surface area contributed by atoms with Crippen molar-refractivity contribution in [2.75, 3.05) is 31.2 Å². The molecule has 2 aromatic heterocycles. The van der Waals surface area contributed by atoms with Gasteiger partial charge < -0.3 is 19.3 Å². The molecule has 2 aromatic rings. The molecule has 1 fully saturated rings. The molecule has 7 nitrogen and oxygen atoms in total. The Bertz CT molecular complexity index is 717. The van der Waals surface area contributed by atoms with E-state index in [1.807, 2.05) is 0 Å². The molecule has 1 saturated heterocycles. The number of hydrogen-bond donors (Lipinski definition) is 1. The predicted octanol–water partition coefficient (Wildman–Crippen LogP) is 1.76. The molecule has 1 unspecified atom stereocenters. The Hall–Kier alpha value is -2.15. The minimum absolute atomic E-state index is 0.0251. The molecular weight excluding hydrogens is 318 g/mol. The van der Waals surface area contributed by atoms with E-state index in [0.717, 1.165) is 38.3 Å². The lowest BCUT2D eigenvalue weighted by Gasteiger charge is -2.33.